The van der Waals surface area contributed by atoms with Gasteiger partial charge in [0.15, 0.2) is 0 Å². The number of nitrogens with two attached hydrogens (primary N) is 1. The van der Waals surface area contributed by atoms with Crippen molar-refractivity contribution >= 4 is 5.91 Å². The van der Waals surface area contributed by atoms with Crippen molar-refractivity contribution in [2.45, 2.75) is 6.42 Å². The van der Waals surface area contributed by atoms with Crippen LogP contribution in [0.3, 0.4) is 0 Å². The van der Waals surface area contributed by atoms with E-state index in [-0.39, 0.29) is 0 Å². The van der Waals surface area contributed by atoms with Gasteiger partial charge in [-0.3, -0.25) is 4.79 Å². The standard InChI is InChI=1S/C15H12N2O/c16-10-13-3-1-11(2-4-13)9-12-5-7-14(8-6-12)15(17)18/h1-8H,9H2,(H2,17,18). The molecule has 1 amide bonds. The summed E-state index contributed by atoms with van der Waals surface area (Å²) in [6, 6.07) is 16.8. The average molecular weight is 236 g/mol. The molecule has 0 unspecified atom stereocenters. The maximum absolute atomic E-state index is 10.9. The highest BCUT2D eigenvalue weighted by molar-refractivity contribution is 5.92. The second kappa shape index (κ2) is 5.15. The summed E-state index contributed by atoms with van der Waals surface area (Å²) in [5.41, 5.74) is 8.57. The molecule has 3 nitrogen and oxygen atoms in total. The predicted molar refractivity (Wildman–Crippen MR) is 68.9 cm³/mol. The third-order valence-corrected chi connectivity index (χ3v) is 2.73. The Morgan fingerprint density at radius 3 is 1.94 bits per heavy atom. The monoisotopic (exact) mass is 236 g/mol. The number of hydrogen-bond acceptors (Lipinski definition) is 2. The summed E-state index contributed by atoms with van der Waals surface area (Å²) in [6.45, 7) is 0. The van der Waals surface area contributed by atoms with Crippen LogP contribution in [0, 0.1) is 11.3 Å². The first-order valence-electron chi connectivity index (χ1n) is 5.57. The summed E-state index contributed by atoms with van der Waals surface area (Å²) < 4.78 is 0. The molecular formula is C15H12N2O. The van der Waals surface area contributed by atoms with Crippen LogP contribution in [0.5, 0.6) is 0 Å². The van der Waals surface area contributed by atoms with Crippen LogP contribution in [0.25, 0.3) is 0 Å². The van der Waals surface area contributed by atoms with Gasteiger partial charge in [-0.05, 0) is 41.8 Å². The molecule has 0 fully saturated rings. The highest BCUT2D eigenvalue weighted by atomic mass is 16.1. The number of carbonyl (C=O) groups excluding carboxylic acids is 1. The van der Waals surface area contributed by atoms with E-state index in [0.717, 1.165) is 17.5 Å². The fourth-order valence-electron chi connectivity index (χ4n) is 1.72. The Hall–Kier alpha value is -2.60. The number of nitrogens with zero attached hydrogens (tertiary/aromatic N) is 1. The highest BCUT2D eigenvalue weighted by Gasteiger charge is 2.01. The van der Waals surface area contributed by atoms with Crippen molar-refractivity contribution in [2.24, 2.45) is 5.73 Å². The molecule has 0 saturated carbocycles. The molecule has 0 aliphatic rings. The Labute approximate surface area is 105 Å². The van der Waals surface area contributed by atoms with Crippen molar-refractivity contribution in [2.75, 3.05) is 0 Å². The normalized spacial score (nSPS) is 9.72. The Morgan fingerprint density at radius 2 is 1.50 bits per heavy atom. The van der Waals surface area contributed by atoms with E-state index in [1.807, 2.05) is 24.3 Å². The van der Waals surface area contributed by atoms with Gasteiger partial charge in [0.05, 0.1) is 11.6 Å². The van der Waals surface area contributed by atoms with Crippen LogP contribution < -0.4 is 5.73 Å². The first-order chi connectivity index (χ1) is 8.69. The minimum atomic E-state index is -0.417. The molecule has 3 heteroatoms. The predicted octanol–water partition coefficient (Wildman–Crippen LogP) is 2.25. The van der Waals surface area contributed by atoms with Crippen molar-refractivity contribution in [3.8, 4) is 6.07 Å². The van der Waals surface area contributed by atoms with Gasteiger partial charge < -0.3 is 5.73 Å². The first-order valence-corrected chi connectivity index (χ1v) is 5.57. The fraction of sp³-hybridized carbons (Fsp3) is 0.0667. The minimum absolute atomic E-state index is 0.417. The molecule has 18 heavy (non-hydrogen) atoms. The molecule has 2 aromatic rings. The van der Waals surface area contributed by atoms with E-state index < -0.39 is 5.91 Å². The number of carbonyl (C=O) groups is 1. The van der Waals surface area contributed by atoms with E-state index in [1.54, 1.807) is 24.3 Å². The quantitative estimate of drug-likeness (QED) is 0.888. The molecule has 88 valence electrons. The van der Waals surface area contributed by atoms with E-state index in [4.69, 9.17) is 11.0 Å². The average Bonchev–Trinajstić information content (AvgIpc) is 2.40. The molecule has 0 spiro atoms. The van der Waals surface area contributed by atoms with Crippen molar-refractivity contribution in [1.82, 2.24) is 0 Å². The lowest BCUT2D eigenvalue weighted by Gasteiger charge is -2.03. The first kappa shape index (κ1) is 11.9. The van der Waals surface area contributed by atoms with Gasteiger partial charge in [0.1, 0.15) is 0 Å². The topological polar surface area (TPSA) is 66.9 Å². The third-order valence-electron chi connectivity index (χ3n) is 2.73. The molecule has 0 aromatic heterocycles. The van der Waals surface area contributed by atoms with Gasteiger partial charge >= 0.3 is 0 Å². The van der Waals surface area contributed by atoms with Crippen molar-refractivity contribution in [1.29, 1.82) is 5.26 Å². The molecule has 2 rings (SSSR count). The second-order valence-electron chi connectivity index (χ2n) is 4.05. The van der Waals surface area contributed by atoms with E-state index >= 15 is 0 Å². The van der Waals surface area contributed by atoms with E-state index in [2.05, 4.69) is 6.07 Å². The van der Waals surface area contributed by atoms with Crippen LogP contribution in [0.15, 0.2) is 48.5 Å². The number of rotatable bonds is 3. The third kappa shape index (κ3) is 2.74. The van der Waals surface area contributed by atoms with Crippen LogP contribution in [0.1, 0.15) is 27.0 Å². The molecule has 2 aromatic carbocycles. The number of amides is 1. The van der Waals surface area contributed by atoms with Crippen LogP contribution in [0.4, 0.5) is 0 Å². The molecule has 0 bridgehead atoms. The molecule has 0 radical (unpaired) electrons. The SMILES string of the molecule is N#Cc1ccc(Cc2ccc(C(N)=O)cc2)cc1. The zero-order valence-corrected chi connectivity index (χ0v) is 9.76. The summed E-state index contributed by atoms with van der Waals surface area (Å²) in [7, 11) is 0. The summed E-state index contributed by atoms with van der Waals surface area (Å²) in [5, 5.41) is 8.71. The smallest absolute Gasteiger partial charge is 0.248 e. The van der Waals surface area contributed by atoms with Crippen LogP contribution in [0.2, 0.25) is 0 Å². The van der Waals surface area contributed by atoms with Crippen LogP contribution >= 0.6 is 0 Å². The molecule has 0 heterocycles. The summed E-state index contributed by atoms with van der Waals surface area (Å²) in [4.78, 5) is 10.9. The van der Waals surface area contributed by atoms with Crippen molar-refractivity contribution in [3.05, 3.63) is 70.8 Å². The number of nitriles is 1. The molecule has 0 atom stereocenters. The lowest BCUT2D eigenvalue weighted by atomic mass is 10.0. The Balaban J connectivity index is 2.13. The minimum Gasteiger partial charge on any atom is -0.366 e. The van der Waals surface area contributed by atoms with Gasteiger partial charge in [0.25, 0.3) is 0 Å². The zero-order chi connectivity index (χ0) is 13.0. The van der Waals surface area contributed by atoms with Gasteiger partial charge in [-0.1, -0.05) is 24.3 Å². The molecule has 0 saturated heterocycles. The van der Waals surface area contributed by atoms with Gasteiger partial charge in [-0.25, -0.2) is 0 Å². The van der Waals surface area contributed by atoms with Crippen molar-refractivity contribution in [3.63, 3.8) is 0 Å². The van der Waals surface area contributed by atoms with Gasteiger partial charge in [-0.2, -0.15) is 5.26 Å². The lowest BCUT2D eigenvalue weighted by Crippen LogP contribution is -2.10. The maximum atomic E-state index is 10.9. The maximum Gasteiger partial charge on any atom is 0.248 e. The summed E-state index contributed by atoms with van der Waals surface area (Å²) >= 11 is 0. The lowest BCUT2D eigenvalue weighted by molar-refractivity contribution is 0.100. The molecule has 0 aliphatic heterocycles. The van der Waals surface area contributed by atoms with Gasteiger partial charge in [0, 0.05) is 5.56 Å². The Kier molecular flexibility index (Phi) is 3.40. The molecule has 2 N–H and O–H groups in total. The zero-order valence-electron chi connectivity index (χ0n) is 9.76. The van der Waals surface area contributed by atoms with Gasteiger partial charge in [-0.15, -0.1) is 0 Å². The van der Waals surface area contributed by atoms with Gasteiger partial charge in [0.2, 0.25) is 5.91 Å². The van der Waals surface area contributed by atoms with E-state index in [1.165, 1.54) is 0 Å². The largest absolute Gasteiger partial charge is 0.366 e. The number of hydrogen-bond donors (Lipinski definition) is 1. The molecule has 0 aliphatic carbocycles. The Morgan fingerprint density at radius 1 is 1.00 bits per heavy atom. The van der Waals surface area contributed by atoms with Crippen LogP contribution in [-0.2, 0) is 6.42 Å². The second-order valence-corrected chi connectivity index (χ2v) is 4.05. The number of primary amides is 1. The van der Waals surface area contributed by atoms with Crippen LogP contribution in [-0.4, -0.2) is 5.91 Å². The number of benzene rings is 2. The van der Waals surface area contributed by atoms with E-state index in [9.17, 15) is 4.79 Å². The molecular weight excluding hydrogens is 224 g/mol. The summed E-state index contributed by atoms with van der Waals surface area (Å²) in [5.74, 6) is -0.417. The highest BCUT2D eigenvalue weighted by Crippen LogP contribution is 2.11. The van der Waals surface area contributed by atoms with E-state index in [0.29, 0.717) is 11.1 Å². The van der Waals surface area contributed by atoms with Crippen molar-refractivity contribution < 1.29 is 4.79 Å². The fourth-order valence-corrected chi connectivity index (χ4v) is 1.72. The summed E-state index contributed by atoms with van der Waals surface area (Å²) in [6.07, 6.45) is 0.769. The Bertz CT molecular complexity index is 592.